The van der Waals surface area contributed by atoms with E-state index in [9.17, 15) is 9.59 Å². The highest BCUT2D eigenvalue weighted by molar-refractivity contribution is 7.80. The first-order chi connectivity index (χ1) is 13.5. The number of carbonyl (C=O) groups is 1. The van der Waals surface area contributed by atoms with Crippen molar-refractivity contribution >= 4 is 45.9 Å². The molecule has 28 heavy (non-hydrogen) atoms. The summed E-state index contributed by atoms with van der Waals surface area (Å²) in [5, 5.41) is 4.02. The van der Waals surface area contributed by atoms with E-state index in [0.717, 1.165) is 12.0 Å². The van der Waals surface area contributed by atoms with Gasteiger partial charge in [0.15, 0.2) is 10.7 Å². The van der Waals surface area contributed by atoms with Gasteiger partial charge in [-0.15, -0.1) is 0 Å². The molecule has 0 spiro atoms. The first-order valence-corrected chi connectivity index (χ1v) is 9.47. The summed E-state index contributed by atoms with van der Waals surface area (Å²) in [4.78, 5) is 23.9. The number of nitrogens with one attached hydrogen (secondary N) is 3. The van der Waals surface area contributed by atoms with Gasteiger partial charge in [0.2, 0.25) is 5.91 Å². The summed E-state index contributed by atoms with van der Waals surface area (Å²) < 4.78 is 6.57. The summed E-state index contributed by atoms with van der Waals surface area (Å²) >= 11 is 11.0. The Morgan fingerprint density at radius 1 is 1.11 bits per heavy atom. The van der Waals surface area contributed by atoms with E-state index < -0.39 is 5.76 Å². The van der Waals surface area contributed by atoms with Gasteiger partial charge in [0.25, 0.3) is 0 Å². The lowest BCUT2D eigenvalue weighted by atomic mass is 10.1. The average Bonchev–Trinajstić information content (AvgIpc) is 3.01. The van der Waals surface area contributed by atoms with Crippen LogP contribution in [0.25, 0.3) is 11.1 Å². The number of fused-ring (bicyclic) bond motifs is 1. The van der Waals surface area contributed by atoms with E-state index in [1.165, 1.54) is 4.57 Å². The molecular formula is C19H19ClN4O3S. The minimum atomic E-state index is -0.485. The lowest BCUT2D eigenvalue weighted by Gasteiger charge is -2.11. The van der Waals surface area contributed by atoms with Crippen LogP contribution in [0.5, 0.6) is 0 Å². The number of aromatic nitrogens is 1. The fourth-order valence-electron chi connectivity index (χ4n) is 2.64. The highest BCUT2D eigenvalue weighted by Gasteiger charge is 2.10. The van der Waals surface area contributed by atoms with Crippen LogP contribution in [0.1, 0.15) is 12.0 Å². The molecule has 0 radical (unpaired) electrons. The van der Waals surface area contributed by atoms with Crippen molar-refractivity contribution in [3.05, 3.63) is 69.7 Å². The molecule has 7 nitrogen and oxygen atoms in total. The van der Waals surface area contributed by atoms with E-state index in [0.29, 0.717) is 27.8 Å². The summed E-state index contributed by atoms with van der Waals surface area (Å²) in [5.41, 5.74) is 7.44. The van der Waals surface area contributed by atoms with Gasteiger partial charge in [0.1, 0.15) is 0 Å². The number of benzene rings is 2. The summed E-state index contributed by atoms with van der Waals surface area (Å²) in [6.07, 6.45) is 0.868. The maximum atomic E-state index is 12.0. The molecule has 146 valence electrons. The molecule has 0 bridgehead atoms. The third-order valence-corrected chi connectivity index (χ3v) is 4.56. The van der Waals surface area contributed by atoms with Crippen LogP contribution in [0.4, 0.5) is 0 Å². The SMILES string of the molecule is O=C(CCn1c(=O)oc2ccccc21)NNC(=S)NCCc1ccc(Cl)cc1. The Hall–Kier alpha value is -2.84. The van der Waals surface area contributed by atoms with Gasteiger partial charge < -0.3 is 9.73 Å². The van der Waals surface area contributed by atoms with Gasteiger partial charge in [-0.2, -0.15) is 0 Å². The molecule has 0 saturated heterocycles. The number of hydrogen-bond donors (Lipinski definition) is 3. The Labute approximate surface area is 171 Å². The molecule has 2 aromatic carbocycles. The maximum absolute atomic E-state index is 12.0. The average molecular weight is 419 g/mol. The topological polar surface area (TPSA) is 88.3 Å². The fraction of sp³-hybridized carbons (Fsp3) is 0.211. The molecule has 3 N–H and O–H groups in total. The van der Waals surface area contributed by atoms with Gasteiger partial charge in [-0.1, -0.05) is 35.9 Å². The third kappa shape index (κ3) is 5.34. The highest BCUT2D eigenvalue weighted by Crippen LogP contribution is 2.12. The molecule has 0 aliphatic rings. The van der Waals surface area contributed by atoms with Crippen molar-refractivity contribution in [1.82, 2.24) is 20.7 Å². The summed E-state index contributed by atoms with van der Waals surface area (Å²) in [6, 6.07) is 14.6. The number of carbonyl (C=O) groups excluding carboxylic acids is 1. The van der Waals surface area contributed by atoms with Crippen LogP contribution in [0.15, 0.2) is 57.7 Å². The molecule has 0 fully saturated rings. The molecule has 3 rings (SSSR count). The number of thiocarbonyl (C=S) groups is 1. The van der Waals surface area contributed by atoms with Crippen LogP contribution in [-0.4, -0.2) is 22.1 Å². The van der Waals surface area contributed by atoms with Crippen LogP contribution in [0.3, 0.4) is 0 Å². The van der Waals surface area contributed by atoms with Crippen molar-refractivity contribution in [3.8, 4) is 0 Å². The number of rotatable bonds is 6. The fourth-order valence-corrected chi connectivity index (χ4v) is 2.92. The highest BCUT2D eigenvalue weighted by atomic mass is 35.5. The summed E-state index contributed by atoms with van der Waals surface area (Å²) in [6.45, 7) is 0.819. The van der Waals surface area contributed by atoms with E-state index >= 15 is 0 Å². The van der Waals surface area contributed by atoms with Crippen LogP contribution in [0, 0.1) is 0 Å². The number of hydrazine groups is 1. The smallest absolute Gasteiger partial charge is 0.408 e. The standard InChI is InChI=1S/C19H19ClN4O3S/c20-14-7-5-13(6-8-14)9-11-21-18(28)23-22-17(25)10-12-24-15-3-1-2-4-16(15)27-19(24)26/h1-8H,9-12H2,(H,22,25)(H2,21,23,28). The zero-order chi connectivity index (χ0) is 19.9. The Kier molecular flexibility index (Phi) is 6.67. The van der Waals surface area contributed by atoms with Gasteiger partial charge >= 0.3 is 5.76 Å². The second-order valence-electron chi connectivity index (χ2n) is 6.04. The maximum Gasteiger partial charge on any atom is 0.419 e. The van der Waals surface area contributed by atoms with Crippen molar-refractivity contribution in [2.45, 2.75) is 19.4 Å². The van der Waals surface area contributed by atoms with Gasteiger partial charge in [0, 0.05) is 24.5 Å². The minimum Gasteiger partial charge on any atom is -0.408 e. The number of nitrogens with zero attached hydrogens (tertiary/aromatic N) is 1. The predicted octanol–water partition coefficient (Wildman–Crippen LogP) is 2.38. The Morgan fingerprint density at radius 3 is 2.64 bits per heavy atom. The van der Waals surface area contributed by atoms with Crippen molar-refractivity contribution in [1.29, 1.82) is 0 Å². The van der Waals surface area contributed by atoms with E-state index in [4.69, 9.17) is 28.2 Å². The van der Waals surface area contributed by atoms with E-state index in [1.807, 2.05) is 30.3 Å². The van der Waals surface area contributed by atoms with Crippen LogP contribution in [0.2, 0.25) is 5.02 Å². The molecular weight excluding hydrogens is 400 g/mol. The molecule has 0 aliphatic heterocycles. The number of amides is 1. The van der Waals surface area contributed by atoms with Crippen LogP contribution in [-0.2, 0) is 17.8 Å². The van der Waals surface area contributed by atoms with Gasteiger partial charge in [-0.3, -0.25) is 20.2 Å². The number of hydrogen-bond acceptors (Lipinski definition) is 4. The van der Waals surface area contributed by atoms with Crippen molar-refractivity contribution < 1.29 is 9.21 Å². The van der Waals surface area contributed by atoms with Crippen molar-refractivity contribution in [2.75, 3.05) is 6.54 Å². The lowest BCUT2D eigenvalue weighted by Crippen LogP contribution is -2.47. The van der Waals surface area contributed by atoms with Gasteiger partial charge in [0.05, 0.1) is 5.52 Å². The first kappa shape index (κ1) is 19.9. The van der Waals surface area contributed by atoms with E-state index in [1.54, 1.807) is 18.2 Å². The van der Waals surface area contributed by atoms with Crippen LogP contribution < -0.4 is 21.9 Å². The Bertz CT molecular complexity index is 1030. The lowest BCUT2D eigenvalue weighted by molar-refractivity contribution is -0.121. The Balaban J connectivity index is 1.39. The van der Waals surface area contributed by atoms with Crippen molar-refractivity contribution in [3.63, 3.8) is 0 Å². The van der Waals surface area contributed by atoms with Crippen LogP contribution >= 0.6 is 23.8 Å². The molecule has 1 amide bonds. The molecule has 0 atom stereocenters. The molecule has 9 heteroatoms. The largest absolute Gasteiger partial charge is 0.419 e. The normalized spacial score (nSPS) is 10.6. The second kappa shape index (κ2) is 9.38. The number of para-hydroxylation sites is 2. The molecule has 3 aromatic rings. The first-order valence-electron chi connectivity index (χ1n) is 8.68. The molecule has 0 aliphatic carbocycles. The predicted molar refractivity (Wildman–Crippen MR) is 112 cm³/mol. The number of oxazole rings is 1. The van der Waals surface area contributed by atoms with Gasteiger partial charge in [-0.05, 0) is 48.5 Å². The Morgan fingerprint density at radius 2 is 1.86 bits per heavy atom. The van der Waals surface area contributed by atoms with Crippen molar-refractivity contribution in [2.24, 2.45) is 0 Å². The monoisotopic (exact) mass is 418 g/mol. The summed E-state index contributed by atoms with van der Waals surface area (Å²) in [5.74, 6) is -0.777. The molecule has 1 aromatic heterocycles. The quantitative estimate of drug-likeness (QED) is 0.421. The summed E-state index contributed by atoms with van der Waals surface area (Å²) in [7, 11) is 0. The van der Waals surface area contributed by atoms with E-state index in [2.05, 4.69) is 16.2 Å². The molecule has 0 unspecified atom stereocenters. The number of halogens is 1. The zero-order valence-electron chi connectivity index (χ0n) is 14.9. The third-order valence-electron chi connectivity index (χ3n) is 4.06. The minimum absolute atomic E-state index is 0.101. The molecule has 0 saturated carbocycles. The van der Waals surface area contributed by atoms with E-state index in [-0.39, 0.29) is 18.9 Å². The van der Waals surface area contributed by atoms with Gasteiger partial charge in [-0.25, -0.2) is 4.79 Å². The molecule has 1 heterocycles. The number of aryl methyl sites for hydroxylation is 1. The second-order valence-corrected chi connectivity index (χ2v) is 6.89. The zero-order valence-corrected chi connectivity index (χ0v) is 16.5.